The number of benzene rings is 1. The number of halogens is 2. The molecule has 0 aromatic heterocycles. The molecular weight excluding hydrogens is 494 g/mol. The summed E-state index contributed by atoms with van der Waals surface area (Å²) < 4.78 is 35.3. The molecule has 204 valence electrons. The van der Waals surface area contributed by atoms with Crippen molar-refractivity contribution in [1.29, 1.82) is 0 Å². The third kappa shape index (κ3) is 7.41. The van der Waals surface area contributed by atoms with E-state index in [0.29, 0.717) is 12.2 Å². The molecule has 0 radical (unpaired) electrons. The molecule has 0 spiro atoms. The molecule has 1 aromatic rings. The number of hydroxylamine groups is 2. The number of hydrogen-bond donors (Lipinski definition) is 5. The summed E-state index contributed by atoms with van der Waals surface area (Å²) in [7, 11) is 1.68. The smallest absolute Gasteiger partial charge is 0.414 e. The summed E-state index contributed by atoms with van der Waals surface area (Å²) >= 11 is 0. The van der Waals surface area contributed by atoms with Crippen molar-refractivity contribution in [2.75, 3.05) is 69.3 Å². The number of carbonyl (C=O) groups is 3. The highest BCUT2D eigenvalue weighted by Gasteiger charge is 2.34. The van der Waals surface area contributed by atoms with Crippen LogP contribution in [0.15, 0.2) is 24.0 Å². The molecule has 6 N–H and O–H groups in total. The Hall–Kier alpha value is -3.69. The maximum absolute atomic E-state index is 15.1. The molecule has 2 aliphatic rings. The van der Waals surface area contributed by atoms with Crippen LogP contribution in [0.5, 0.6) is 0 Å². The van der Waals surface area contributed by atoms with E-state index in [1.807, 2.05) is 0 Å². The van der Waals surface area contributed by atoms with Gasteiger partial charge < -0.3 is 31.4 Å². The molecule has 0 unspecified atom stereocenters. The standard InChI is InChI=1S/C22H32F2N8O5/c1-14(33)28-11-17-13-31(22(35)37-17)16-7-18(23)21(19(24)8-16)30-3-4-32(36-6-5-30)20(34)12-27-10-15(9-25)29-26-2/h7-9,17,26-27,29H,3-6,10-13,25H2,1-2H3,(H,28,33)/b15-9-/t17-/m0/s1. The number of hydrazine groups is 1. The van der Waals surface area contributed by atoms with Crippen molar-refractivity contribution in [2.24, 2.45) is 5.73 Å². The summed E-state index contributed by atoms with van der Waals surface area (Å²) in [5.74, 6) is -2.37. The van der Waals surface area contributed by atoms with E-state index in [4.69, 9.17) is 15.3 Å². The Balaban J connectivity index is 1.59. The molecule has 0 bridgehead atoms. The quantitative estimate of drug-likeness (QED) is 0.243. The number of nitrogens with zero attached hydrogens (tertiary/aromatic N) is 3. The molecule has 15 heteroatoms. The van der Waals surface area contributed by atoms with Crippen LogP contribution in [0.3, 0.4) is 0 Å². The molecule has 2 fully saturated rings. The van der Waals surface area contributed by atoms with Crippen LogP contribution in [0, 0.1) is 11.6 Å². The van der Waals surface area contributed by atoms with Gasteiger partial charge in [0.15, 0.2) is 11.6 Å². The van der Waals surface area contributed by atoms with Gasteiger partial charge in [-0.1, -0.05) is 0 Å². The van der Waals surface area contributed by atoms with Gasteiger partial charge >= 0.3 is 6.09 Å². The average Bonchev–Trinajstić information content (AvgIpc) is 3.06. The van der Waals surface area contributed by atoms with Crippen LogP contribution in [0.1, 0.15) is 6.92 Å². The van der Waals surface area contributed by atoms with Crippen molar-refractivity contribution in [3.05, 3.63) is 35.7 Å². The van der Waals surface area contributed by atoms with E-state index < -0.39 is 23.8 Å². The van der Waals surface area contributed by atoms with Crippen LogP contribution in [-0.4, -0.2) is 88.5 Å². The minimum atomic E-state index is -0.868. The molecule has 1 aromatic carbocycles. The van der Waals surface area contributed by atoms with Crippen molar-refractivity contribution in [2.45, 2.75) is 13.0 Å². The lowest BCUT2D eigenvalue weighted by molar-refractivity contribution is -0.180. The first-order valence-electron chi connectivity index (χ1n) is 11.7. The Labute approximate surface area is 212 Å². The number of ether oxygens (including phenoxy) is 1. The van der Waals surface area contributed by atoms with Gasteiger partial charge in [0.05, 0.1) is 44.2 Å². The second-order valence-electron chi connectivity index (χ2n) is 8.30. The predicted octanol–water partition coefficient (Wildman–Crippen LogP) is -0.880. The van der Waals surface area contributed by atoms with Gasteiger partial charge in [0.25, 0.3) is 5.91 Å². The lowest BCUT2D eigenvalue weighted by Crippen LogP contribution is -2.41. The van der Waals surface area contributed by atoms with Crippen LogP contribution in [0.25, 0.3) is 0 Å². The number of hydrogen-bond acceptors (Lipinski definition) is 10. The second kappa shape index (κ2) is 13.0. The molecule has 1 atom stereocenters. The fourth-order valence-corrected chi connectivity index (χ4v) is 3.87. The molecule has 2 heterocycles. The van der Waals surface area contributed by atoms with Crippen molar-refractivity contribution in [3.8, 4) is 0 Å². The zero-order valence-electron chi connectivity index (χ0n) is 20.7. The molecule has 0 aliphatic carbocycles. The van der Waals surface area contributed by atoms with E-state index in [-0.39, 0.29) is 69.1 Å². The summed E-state index contributed by atoms with van der Waals surface area (Å²) in [5.41, 5.74) is 11.4. The number of nitrogens with one attached hydrogen (secondary N) is 4. The minimum Gasteiger partial charge on any atom is -0.442 e. The largest absolute Gasteiger partial charge is 0.442 e. The first-order valence-corrected chi connectivity index (χ1v) is 11.7. The Morgan fingerprint density at radius 1 is 1.19 bits per heavy atom. The number of amides is 3. The number of rotatable bonds is 10. The highest BCUT2D eigenvalue weighted by atomic mass is 19.1. The van der Waals surface area contributed by atoms with Gasteiger partial charge in [-0.15, -0.1) is 0 Å². The van der Waals surface area contributed by atoms with E-state index >= 15 is 8.78 Å². The summed E-state index contributed by atoms with van der Waals surface area (Å²) in [4.78, 5) is 43.8. The fourth-order valence-electron chi connectivity index (χ4n) is 3.87. The number of anilines is 2. The zero-order chi connectivity index (χ0) is 26.9. The average molecular weight is 527 g/mol. The number of cyclic esters (lactones) is 1. The van der Waals surface area contributed by atoms with Gasteiger partial charge in [-0.3, -0.25) is 19.3 Å². The zero-order valence-corrected chi connectivity index (χ0v) is 20.7. The molecule has 13 nitrogen and oxygen atoms in total. The topological polar surface area (TPSA) is 154 Å². The maximum Gasteiger partial charge on any atom is 0.414 e. The van der Waals surface area contributed by atoms with Crippen LogP contribution in [-0.2, 0) is 19.2 Å². The molecule has 37 heavy (non-hydrogen) atoms. The minimum absolute atomic E-state index is 0.00156. The summed E-state index contributed by atoms with van der Waals surface area (Å²) in [6, 6.07) is 2.11. The number of nitrogens with two attached hydrogens (primary N) is 1. The van der Waals surface area contributed by atoms with Crippen molar-refractivity contribution in [3.63, 3.8) is 0 Å². The third-order valence-corrected chi connectivity index (χ3v) is 5.62. The van der Waals surface area contributed by atoms with Crippen LogP contribution >= 0.6 is 0 Å². The summed E-state index contributed by atoms with van der Waals surface area (Å²) in [5, 5.41) is 6.63. The Morgan fingerprint density at radius 2 is 1.92 bits per heavy atom. The highest BCUT2D eigenvalue weighted by Crippen LogP contribution is 2.31. The van der Waals surface area contributed by atoms with Crippen LogP contribution in [0.4, 0.5) is 25.0 Å². The monoisotopic (exact) mass is 526 g/mol. The van der Waals surface area contributed by atoms with Crippen LogP contribution < -0.4 is 37.0 Å². The molecule has 3 amide bonds. The molecular formula is C22H32F2N8O5. The van der Waals surface area contributed by atoms with Crippen molar-refractivity contribution in [1.82, 2.24) is 26.5 Å². The van der Waals surface area contributed by atoms with Gasteiger partial charge in [-0.05, 0) is 0 Å². The summed E-state index contributed by atoms with van der Waals surface area (Å²) in [6.45, 7) is 2.12. The SMILES string of the molecule is CNN/C(=C\N)CNCC(=O)N1CCN(c2c(F)cc(N3C[C@H](CNC(C)=O)OC3=O)cc2F)CCO1. The molecule has 3 rings (SSSR count). The van der Waals surface area contributed by atoms with Crippen molar-refractivity contribution < 1.29 is 32.7 Å². The Morgan fingerprint density at radius 3 is 2.57 bits per heavy atom. The van der Waals surface area contributed by atoms with E-state index in [9.17, 15) is 14.4 Å². The van der Waals surface area contributed by atoms with Gasteiger partial charge in [0.1, 0.15) is 11.8 Å². The Kier molecular flexibility index (Phi) is 9.82. The van der Waals surface area contributed by atoms with E-state index in [2.05, 4.69) is 21.5 Å². The van der Waals surface area contributed by atoms with Gasteiger partial charge in [0.2, 0.25) is 5.91 Å². The van der Waals surface area contributed by atoms with Gasteiger partial charge in [0, 0.05) is 51.9 Å². The lowest BCUT2D eigenvalue weighted by atomic mass is 10.2. The number of carbonyl (C=O) groups excluding carboxylic acids is 3. The lowest BCUT2D eigenvalue weighted by Gasteiger charge is -2.24. The van der Waals surface area contributed by atoms with Crippen LogP contribution in [0.2, 0.25) is 0 Å². The predicted molar refractivity (Wildman–Crippen MR) is 130 cm³/mol. The van der Waals surface area contributed by atoms with E-state index in [0.717, 1.165) is 22.1 Å². The summed E-state index contributed by atoms with van der Waals surface area (Å²) in [6.07, 6.45) is -0.0384. The van der Waals surface area contributed by atoms with E-state index in [1.165, 1.54) is 18.0 Å². The first kappa shape index (κ1) is 27.9. The fraction of sp³-hybridized carbons (Fsp3) is 0.500. The third-order valence-electron chi connectivity index (χ3n) is 5.62. The highest BCUT2D eigenvalue weighted by molar-refractivity contribution is 5.90. The van der Waals surface area contributed by atoms with E-state index in [1.54, 1.807) is 7.05 Å². The Bertz CT molecular complexity index is 1000. The van der Waals surface area contributed by atoms with Gasteiger partial charge in [-0.2, -0.15) is 0 Å². The second-order valence-corrected chi connectivity index (χ2v) is 8.30. The maximum atomic E-state index is 15.1. The molecule has 2 saturated heterocycles. The van der Waals surface area contributed by atoms with Crippen molar-refractivity contribution >= 4 is 29.3 Å². The normalized spacial score (nSPS) is 18.5. The first-order chi connectivity index (χ1) is 17.7. The molecule has 0 saturated carbocycles. The molecule has 2 aliphatic heterocycles. The van der Waals surface area contributed by atoms with Gasteiger partial charge in [-0.25, -0.2) is 24.1 Å².